The van der Waals surface area contributed by atoms with E-state index < -0.39 is 0 Å². The van der Waals surface area contributed by atoms with Crippen molar-refractivity contribution in [3.8, 4) is 0 Å². The van der Waals surface area contributed by atoms with E-state index in [1.54, 1.807) is 0 Å². The molecule has 1 heteroatoms. The van der Waals surface area contributed by atoms with Gasteiger partial charge in [0.15, 0.2) is 0 Å². The molecule has 0 aliphatic rings. The van der Waals surface area contributed by atoms with Crippen molar-refractivity contribution in [2.45, 2.75) is 33.7 Å². The molecule has 0 N–H and O–H groups in total. The first-order chi connectivity index (χ1) is 6.04. The van der Waals surface area contributed by atoms with E-state index in [4.69, 9.17) is 0 Å². The smallest absolute Gasteiger partial charge is 0.0425 e. The Hall–Kier alpha value is -0.980. The normalized spacial score (nSPS) is 10.6. The van der Waals surface area contributed by atoms with Crippen LogP contribution in [-0.2, 0) is 0 Å². The van der Waals surface area contributed by atoms with Crippen LogP contribution in [0.2, 0.25) is 0 Å². The summed E-state index contributed by atoms with van der Waals surface area (Å²) in [5.41, 5.74) is 4.09. The quantitative estimate of drug-likeness (QED) is 0.670. The lowest BCUT2D eigenvalue weighted by molar-refractivity contribution is 0.750. The largest absolute Gasteiger partial charge is 0.372 e. The predicted octanol–water partition coefficient (Wildman–Crippen LogP) is 3.15. The van der Waals surface area contributed by atoms with Gasteiger partial charge in [-0.2, -0.15) is 0 Å². The number of aryl methyl sites for hydroxylation is 2. The van der Waals surface area contributed by atoms with Gasteiger partial charge in [-0.3, -0.25) is 0 Å². The molecule has 72 valence electrons. The van der Waals surface area contributed by atoms with E-state index in [0.717, 1.165) is 0 Å². The lowest BCUT2D eigenvalue weighted by Gasteiger charge is -2.27. The van der Waals surface area contributed by atoms with Crippen molar-refractivity contribution in [1.29, 1.82) is 0 Å². The highest BCUT2D eigenvalue weighted by atomic mass is 15.1. The molecule has 1 aromatic rings. The molecular formula is C12H19N. The number of hydrogen-bond donors (Lipinski definition) is 0. The summed E-state index contributed by atoms with van der Waals surface area (Å²) in [4.78, 5) is 2.32. The lowest BCUT2D eigenvalue weighted by Crippen LogP contribution is -2.27. The monoisotopic (exact) mass is 177 g/mol. The average molecular weight is 177 g/mol. The maximum absolute atomic E-state index is 2.32. The van der Waals surface area contributed by atoms with Crippen molar-refractivity contribution >= 4 is 5.69 Å². The second-order valence-corrected chi connectivity index (χ2v) is 3.95. The molecule has 0 aliphatic carbocycles. The molecule has 0 amide bonds. The van der Waals surface area contributed by atoms with Gasteiger partial charge in [0.05, 0.1) is 0 Å². The van der Waals surface area contributed by atoms with Crippen LogP contribution in [0.15, 0.2) is 18.2 Å². The molecule has 0 bridgehead atoms. The van der Waals surface area contributed by atoms with Crippen LogP contribution in [0, 0.1) is 13.8 Å². The van der Waals surface area contributed by atoms with Crippen LogP contribution in [0.5, 0.6) is 0 Å². The molecule has 0 fully saturated rings. The molecule has 0 unspecified atom stereocenters. The topological polar surface area (TPSA) is 3.24 Å². The Kier molecular flexibility index (Phi) is 2.97. The average Bonchev–Trinajstić information content (AvgIpc) is 2.03. The minimum atomic E-state index is 0.555. The molecule has 1 nitrogen and oxygen atoms in total. The maximum Gasteiger partial charge on any atom is 0.0425 e. The van der Waals surface area contributed by atoms with Crippen molar-refractivity contribution in [3.63, 3.8) is 0 Å². The van der Waals surface area contributed by atoms with Gasteiger partial charge >= 0.3 is 0 Å². The van der Waals surface area contributed by atoms with Crippen molar-refractivity contribution in [3.05, 3.63) is 29.3 Å². The van der Waals surface area contributed by atoms with Gasteiger partial charge in [-0.05, 0) is 38.8 Å². The summed E-state index contributed by atoms with van der Waals surface area (Å²) in [6, 6.07) is 7.00. The summed E-state index contributed by atoms with van der Waals surface area (Å²) in [7, 11) is 2.15. The van der Waals surface area contributed by atoms with E-state index in [9.17, 15) is 0 Å². The molecule has 0 aromatic heterocycles. The van der Waals surface area contributed by atoms with Crippen LogP contribution in [0.25, 0.3) is 0 Å². The highest BCUT2D eigenvalue weighted by Crippen LogP contribution is 2.24. The molecule has 0 spiro atoms. The van der Waals surface area contributed by atoms with Gasteiger partial charge in [0.1, 0.15) is 0 Å². The zero-order valence-corrected chi connectivity index (χ0v) is 9.26. The number of anilines is 1. The van der Waals surface area contributed by atoms with Gasteiger partial charge in [0, 0.05) is 18.8 Å². The summed E-state index contributed by atoms with van der Waals surface area (Å²) < 4.78 is 0. The fraction of sp³-hybridized carbons (Fsp3) is 0.500. The highest BCUT2D eigenvalue weighted by molar-refractivity contribution is 5.58. The van der Waals surface area contributed by atoms with Crippen LogP contribution in [0.4, 0.5) is 5.69 Å². The molecule has 0 saturated heterocycles. The fourth-order valence-corrected chi connectivity index (χ4v) is 1.62. The van der Waals surface area contributed by atoms with E-state index in [-0.39, 0.29) is 0 Å². The van der Waals surface area contributed by atoms with E-state index in [1.165, 1.54) is 16.8 Å². The minimum Gasteiger partial charge on any atom is -0.372 e. The molecule has 1 aromatic carbocycles. The van der Waals surface area contributed by atoms with E-state index in [2.05, 4.69) is 57.8 Å². The fourth-order valence-electron chi connectivity index (χ4n) is 1.62. The van der Waals surface area contributed by atoms with Gasteiger partial charge in [0.25, 0.3) is 0 Å². The van der Waals surface area contributed by atoms with Crippen molar-refractivity contribution in [2.75, 3.05) is 11.9 Å². The van der Waals surface area contributed by atoms with Gasteiger partial charge in [0.2, 0.25) is 0 Å². The summed E-state index contributed by atoms with van der Waals surface area (Å²) in [5.74, 6) is 0. The number of para-hydroxylation sites is 1. The number of rotatable bonds is 2. The van der Waals surface area contributed by atoms with Crippen molar-refractivity contribution < 1.29 is 0 Å². The first-order valence-corrected chi connectivity index (χ1v) is 4.83. The third-order valence-electron chi connectivity index (χ3n) is 2.57. The summed E-state index contributed by atoms with van der Waals surface area (Å²) >= 11 is 0. The van der Waals surface area contributed by atoms with Crippen molar-refractivity contribution in [1.82, 2.24) is 0 Å². The molecule has 0 heterocycles. The first-order valence-electron chi connectivity index (χ1n) is 4.83. The molecule has 0 atom stereocenters. The van der Waals surface area contributed by atoms with Crippen LogP contribution < -0.4 is 4.90 Å². The Labute approximate surface area is 81.4 Å². The Morgan fingerprint density at radius 2 is 1.54 bits per heavy atom. The third-order valence-corrected chi connectivity index (χ3v) is 2.57. The maximum atomic E-state index is 2.32. The second kappa shape index (κ2) is 3.82. The number of benzene rings is 1. The van der Waals surface area contributed by atoms with Crippen LogP contribution in [0.3, 0.4) is 0 Å². The second-order valence-electron chi connectivity index (χ2n) is 3.95. The molecule has 13 heavy (non-hydrogen) atoms. The summed E-state index contributed by atoms with van der Waals surface area (Å²) in [6.45, 7) is 8.76. The highest BCUT2D eigenvalue weighted by Gasteiger charge is 2.09. The third kappa shape index (κ3) is 2.03. The molecule has 0 saturated carbocycles. The summed E-state index contributed by atoms with van der Waals surface area (Å²) in [5, 5.41) is 0. The van der Waals surface area contributed by atoms with Crippen LogP contribution >= 0.6 is 0 Å². The van der Waals surface area contributed by atoms with E-state index >= 15 is 0 Å². The van der Waals surface area contributed by atoms with Gasteiger partial charge in [-0.25, -0.2) is 0 Å². The molecule has 0 aliphatic heterocycles. The summed E-state index contributed by atoms with van der Waals surface area (Å²) in [6.07, 6.45) is 0. The molecular weight excluding hydrogens is 158 g/mol. The SMILES string of the molecule is Cc1cccc(C)c1N(C)C(C)C. The first kappa shape index (κ1) is 10.1. The Bertz CT molecular complexity index is 269. The zero-order valence-electron chi connectivity index (χ0n) is 9.26. The lowest BCUT2D eigenvalue weighted by atomic mass is 10.1. The number of nitrogens with zero attached hydrogens (tertiary/aromatic N) is 1. The van der Waals surface area contributed by atoms with Crippen molar-refractivity contribution in [2.24, 2.45) is 0 Å². The molecule has 1 rings (SSSR count). The van der Waals surface area contributed by atoms with E-state index in [1.807, 2.05) is 0 Å². The zero-order chi connectivity index (χ0) is 10.0. The minimum absolute atomic E-state index is 0.555. The van der Waals surface area contributed by atoms with Crippen LogP contribution in [-0.4, -0.2) is 13.1 Å². The molecule has 0 radical (unpaired) electrons. The Morgan fingerprint density at radius 1 is 1.08 bits per heavy atom. The standard InChI is InChI=1S/C12H19N/c1-9(2)13(5)12-10(3)7-6-8-11(12)4/h6-9H,1-5H3. The predicted molar refractivity (Wildman–Crippen MR) is 59.5 cm³/mol. The Morgan fingerprint density at radius 3 is 1.92 bits per heavy atom. The van der Waals surface area contributed by atoms with E-state index in [0.29, 0.717) is 6.04 Å². The van der Waals surface area contributed by atoms with Gasteiger partial charge in [-0.15, -0.1) is 0 Å². The number of hydrogen-bond acceptors (Lipinski definition) is 1. The van der Waals surface area contributed by atoms with Gasteiger partial charge < -0.3 is 4.90 Å². The van der Waals surface area contributed by atoms with Gasteiger partial charge in [-0.1, -0.05) is 18.2 Å². The Balaban J connectivity index is 3.12. The van der Waals surface area contributed by atoms with Crippen LogP contribution in [0.1, 0.15) is 25.0 Å².